The van der Waals surface area contributed by atoms with Crippen LogP contribution in [0.5, 0.6) is 0 Å². The minimum atomic E-state index is -0.499. The van der Waals surface area contributed by atoms with Crippen molar-refractivity contribution in [2.24, 2.45) is 0 Å². The molecule has 0 spiro atoms. The van der Waals surface area contributed by atoms with Crippen LogP contribution in [-0.2, 0) is 14.3 Å². The van der Waals surface area contributed by atoms with Crippen LogP contribution in [0.1, 0.15) is 71.1 Å². The first-order valence-electron chi connectivity index (χ1n) is 10.3. The standard InChI is InChI=1S/C24H26N2O4/c1-15-12-21(16(2)26(15)19-8-9-19)23(28)14-30-24(29)13-22-20-7-5-4-6-18(20)10-11-25(22)17(3)27/h4-7,10-12,19,22H,8-9,13-14H2,1-3H3/t22-/m1/s1. The zero-order valence-corrected chi connectivity index (χ0v) is 17.6. The lowest BCUT2D eigenvalue weighted by molar-refractivity contribution is -0.144. The van der Waals surface area contributed by atoms with Crippen molar-refractivity contribution in [1.82, 2.24) is 9.47 Å². The third-order valence-corrected chi connectivity index (χ3v) is 5.89. The van der Waals surface area contributed by atoms with Gasteiger partial charge in [0.1, 0.15) is 0 Å². The molecule has 1 aromatic heterocycles. The molecule has 1 saturated carbocycles. The van der Waals surface area contributed by atoms with Gasteiger partial charge in [-0.25, -0.2) is 0 Å². The first-order valence-corrected chi connectivity index (χ1v) is 10.3. The average Bonchev–Trinajstić information content (AvgIpc) is 3.50. The number of hydrogen-bond donors (Lipinski definition) is 0. The van der Waals surface area contributed by atoms with E-state index >= 15 is 0 Å². The number of Topliss-reactive ketones (excluding diaryl/α,β-unsaturated/α-hetero) is 1. The SMILES string of the molecule is CC(=O)N1C=Cc2ccccc2[C@H]1CC(=O)OCC(=O)c1cc(C)n(C2CC2)c1C. The smallest absolute Gasteiger partial charge is 0.308 e. The summed E-state index contributed by atoms with van der Waals surface area (Å²) in [4.78, 5) is 38.8. The van der Waals surface area contributed by atoms with Crippen LogP contribution in [0.2, 0.25) is 0 Å². The number of aromatic nitrogens is 1. The zero-order valence-electron chi connectivity index (χ0n) is 17.6. The molecule has 0 unspecified atom stereocenters. The van der Waals surface area contributed by atoms with Gasteiger partial charge >= 0.3 is 5.97 Å². The molecular formula is C24H26N2O4. The zero-order chi connectivity index (χ0) is 21.4. The molecule has 0 radical (unpaired) electrons. The monoisotopic (exact) mass is 406 g/mol. The number of carbonyl (C=O) groups excluding carboxylic acids is 3. The lowest BCUT2D eigenvalue weighted by Gasteiger charge is -2.32. The van der Waals surface area contributed by atoms with Crippen LogP contribution in [0.25, 0.3) is 6.08 Å². The van der Waals surface area contributed by atoms with Crippen LogP contribution in [0, 0.1) is 13.8 Å². The Bertz CT molecular complexity index is 1050. The number of fused-ring (bicyclic) bond motifs is 1. The van der Waals surface area contributed by atoms with Gasteiger partial charge in [-0.1, -0.05) is 24.3 Å². The quantitative estimate of drug-likeness (QED) is 0.534. The van der Waals surface area contributed by atoms with Crippen molar-refractivity contribution in [3.05, 3.63) is 64.6 Å². The lowest BCUT2D eigenvalue weighted by atomic mass is 9.94. The average molecular weight is 406 g/mol. The van der Waals surface area contributed by atoms with Crippen LogP contribution >= 0.6 is 0 Å². The van der Waals surface area contributed by atoms with Crippen LogP contribution in [0.4, 0.5) is 0 Å². The van der Waals surface area contributed by atoms with Gasteiger partial charge in [0.05, 0.1) is 12.5 Å². The van der Waals surface area contributed by atoms with Crippen molar-refractivity contribution in [2.45, 2.75) is 52.1 Å². The fourth-order valence-electron chi connectivity index (χ4n) is 4.31. The van der Waals surface area contributed by atoms with E-state index in [2.05, 4.69) is 4.57 Å². The van der Waals surface area contributed by atoms with Gasteiger partial charge in [-0.15, -0.1) is 0 Å². The van der Waals surface area contributed by atoms with Gasteiger partial charge in [0, 0.05) is 36.1 Å². The van der Waals surface area contributed by atoms with E-state index in [1.807, 2.05) is 50.3 Å². The summed E-state index contributed by atoms with van der Waals surface area (Å²) in [5, 5.41) is 0. The lowest BCUT2D eigenvalue weighted by Crippen LogP contribution is -2.32. The molecular weight excluding hydrogens is 380 g/mol. The molecule has 4 rings (SSSR count). The van der Waals surface area contributed by atoms with Crippen molar-refractivity contribution in [2.75, 3.05) is 6.61 Å². The number of ketones is 1. The molecule has 1 aromatic carbocycles. The van der Waals surface area contributed by atoms with Crippen molar-refractivity contribution in [3.8, 4) is 0 Å². The maximum Gasteiger partial charge on any atom is 0.308 e. The van der Waals surface area contributed by atoms with Crippen LogP contribution in [-0.4, -0.2) is 33.7 Å². The van der Waals surface area contributed by atoms with Gasteiger partial charge in [-0.2, -0.15) is 0 Å². The molecule has 0 saturated heterocycles. The van der Waals surface area contributed by atoms with E-state index in [1.165, 1.54) is 11.8 Å². The van der Waals surface area contributed by atoms with Crippen LogP contribution in [0.3, 0.4) is 0 Å². The molecule has 1 fully saturated rings. The van der Waals surface area contributed by atoms with Gasteiger partial charge < -0.3 is 14.2 Å². The summed E-state index contributed by atoms with van der Waals surface area (Å²) in [5.74, 6) is -0.849. The van der Waals surface area contributed by atoms with E-state index in [-0.39, 0.29) is 24.7 Å². The third kappa shape index (κ3) is 3.82. The number of carbonyl (C=O) groups is 3. The Labute approximate surface area is 176 Å². The normalized spacial score (nSPS) is 17.6. The number of amides is 1. The summed E-state index contributed by atoms with van der Waals surface area (Å²) in [6.07, 6.45) is 5.83. The number of aryl methyl sites for hydroxylation is 1. The summed E-state index contributed by atoms with van der Waals surface area (Å²) in [6.45, 7) is 5.11. The Morgan fingerprint density at radius 1 is 1.13 bits per heavy atom. The number of ether oxygens (including phenoxy) is 1. The highest BCUT2D eigenvalue weighted by atomic mass is 16.5. The van der Waals surface area contributed by atoms with E-state index in [9.17, 15) is 14.4 Å². The Kier molecular flexibility index (Phi) is 5.33. The third-order valence-electron chi connectivity index (χ3n) is 5.89. The summed E-state index contributed by atoms with van der Waals surface area (Å²) in [5.41, 5.74) is 4.48. The molecule has 2 aromatic rings. The van der Waals surface area contributed by atoms with E-state index in [0.717, 1.165) is 35.4 Å². The second-order valence-corrected chi connectivity index (χ2v) is 8.06. The Morgan fingerprint density at radius 3 is 2.57 bits per heavy atom. The van der Waals surface area contributed by atoms with E-state index in [0.29, 0.717) is 11.6 Å². The van der Waals surface area contributed by atoms with Gasteiger partial charge in [0.15, 0.2) is 6.61 Å². The molecule has 0 bridgehead atoms. The summed E-state index contributed by atoms with van der Waals surface area (Å²) >= 11 is 0. The molecule has 0 N–H and O–H groups in total. The predicted molar refractivity (Wildman–Crippen MR) is 113 cm³/mol. The Hall–Kier alpha value is -3.15. The van der Waals surface area contributed by atoms with Crippen molar-refractivity contribution in [1.29, 1.82) is 0 Å². The molecule has 1 aliphatic heterocycles. The van der Waals surface area contributed by atoms with E-state index in [4.69, 9.17) is 4.74 Å². The first kappa shape index (κ1) is 20.1. The van der Waals surface area contributed by atoms with Crippen molar-refractivity contribution >= 4 is 23.7 Å². The molecule has 6 heteroatoms. The number of esters is 1. The van der Waals surface area contributed by atoms with Crippen LogP contribution < -0.4 is 0 Å². The highest BCUT2D eigenvalue weighted by molar-refractivity contribution is 5.99. The fourth-order valence-corrected chi connectivity index (χ4v) is 4.31. The molecule has 156 valence electrons. The second-order valence-electron chi connectivity index (χ2n) is 8.06. The largest absolute Gasteiger partial charge is 0.457 e. The summed E-state index contributed by atoms with van der Waals surface area (Å²) in [7, 11) is 0. The van der Waals surface area contributed by atoms with E-state index < -0.39 is 12.0 Å². The Morgan fingerprint density at radius 2 is 1.87 bits per heavy atom. The molecule has 1 atom stereocenters. The molecule has 1 amide bonds. The summed E-state index contributed by atoms with van der Waals surface area (Å²) in [6, 6.07) is 9.58. The van der Waals surface area contributed by atoms with Crippen molar-refractivity contribution in [3.63, 3.8) is 0 Å². The number of benzene rings is 1. The minimum absolute atomic E-state index is 0.00465. The van der Waals surface area contributed by atoms with Gasteiger partial charge in [0.2, 0.25) is 11.7 Å². The summed E-state index contributed by atoms with van der Waals surface area (Å²) < 4.78 is 7.52. The highest BCUT2D eigenvalue weighted by Gasteiger charge is 2.30. The molecule has 2 heterocycles. The van der Waals surface area contributed by atoms with E-state index in [1.54, 1.807) is 6.20 Å². The fraction of sp³-hybridized carbons (Fsp3) is 0.375. The van der Waals surface area contributed by atoms with Gasteiger partial charge in [-0.05, 0) is 50.0 Å². The molecule has 6 nitrogen and oxygen atoms in total. The molecule has 1 aliphatic carbocycles. The van der Waals surface area contributed by atoms with Crippen LogP contribution in [0.15, 0.2) is 36.5 Å². The molecule has 2 aliphatic rings. The van der Waals surface area contributed by atoms with Gasteiger partial charge in [0.25, 0.3) is 0 Å². The topological polar surface area (TPSA) is 68.6 Å². The maximum atomic E-state index is 12.7. The van der Waals surface area contributed by atoms with Crippen molar-refractivity contribution < 1.29 is 19.1 Å². The Balaban J connectivity index is 1.43. The second kappa shape index (κ2) is 7.94. The molecule has 30 heavy (non-hydrogen) atoms. The highest BCUT2D eigenvalue weighted by Crippen LogP contribution is 2.38. The minimum Gasteiger partial charge on any atom is -0.457 e. The number of nitrogens with zero attached hydrogens (tertiary/aromatic N) is 2. The number of rotatable bonds is 6. The maximum absolute atomic E-state index is 12.7. The number of hydrogen-bond acceptors (Lipinski definition) is 4. The van der Waals surface area contributed by atoms with Gasteiger partial charge in [-0.3, -0.25) is 14.4 Å². The predicted octanol–water partition coefficient (Wildman–Crippen LogP) is 4.13. The first-order chi connectivity index (χ1) is 14.4.